The van der Waals surface area contributed by atoms with Crippen molar-refractivity contribution >= 4 is 40.7 Å². The number of rotatable bonds is 2. The normalized spacial score (nSPS) is 26.0. The molecule has 5 heterocycles. The molecule has 0 saturated carbocycles. The van der Waals surface area contributed by atoms with Gasteiger partial charge in [0.25, 0.3) is 11.8 Å². The van der Waals surface area contributed by atoms with Crippen molar-refractivity contribution in [2.24, 2.45) is 0 Å². The highest BCUT2D eigenvalue weighted by atomic mass is 35.5. The predicted molar refractivity (Wildman–Crippen MR) is 116 cm³/mol. The molecule has 2 fully saturated rings. The largest absolute Gasteiger partial charge is 0.475 e. The zero-order valence-corrected chi connectivity index (χ0v) is 18.8. The summed E-state index contributed by atoms with van der Waals surface area (Å²) in [6.45, 7) is 3.38. The van der Waals surface area contributed by atoms with Crippen molar-refractivity contribution in [1.29, 1.82) is 0 Å². The van der Waals surface area contributed by atoms with E-state index in [4.69, 9.17) is 32.7 Å². The van der Waals surface area contributed by atoms with Gasteiger partial charge in [-0.25, -0.2) is 18.4 Å². The molecular formula is C19H23Cl2F2N7O2. The zero-order valence-electron chi connectivity index (χ0n) is 17.3. The van der Waals surface area contributed by atoms with Crippen molar-refractivity contribution in [2.45, 2.75) is 43.8 Å². The summed E-state index contributed by atoms with van der Waals surface area (Å²) < 4.78 is 42.5. The quantitative estimate of drug-likeness (QED) is 0.661. The van der Waals surface area contributed by atoms with Gasteiger partial charge in [-0.15, -0.1) is 5.10 Å². The average molecular weight is 490 g/mol. The van der Waals surface area contributed by atoms with Gasteiger partial charge in [0, 0.05) is 19.0 Å². The van der Waals surface area contributed by atoms with Crippen LogP contribution >= 0.6 is 23.2 Å². The summed E-state index contributed by atoms with van der Waals surface area (Å²) in [6.07, 6.45) is 2.26. The molecule has 13 heteroatoms. The smallest absolute Gasteiger partial charge is 0.282 e. The first-order valence-corrected chi connectivity index (χ1v) is 11.2. The minimum absolute atomic E-state index is 0.00139. The summed E-state index contributed by atoms with van der Waals surface area (Å²) in [7, 11) is 0. The molecule has 0 aliphatic carbocycles. The van der Waals surface area contributed by atoms with E-state index in [1.54, 1.807) is 4.90 Å². The van der Waals surface area contributed by atoms with Crippen LogP contribution in [-0.2, 0) is 4.74 Å². The molecule has 9 nitrogen and oxygen atoms in total. The Kier molecular flexibility index (Phi) is 5.77. The van der Waals surface area contributed by atoms with Gasteiger partial charge in [-0.05, 0) is 13.3 Å². The molecule has 0 radical (unpaired) electrons. The van der Waals surface area contributed by atoms with E-state index >= 15 is 8.78 Å². The number of ether oxygens (including phenoxy) is 2. The second-order valence-corrected chi connectivity index (χ2v) is 9.11. The minimum atomic E-state index is -3.02. The predicted octanol–water partition coefficient (Wildman–Crippen LogP) is 3.59. The number of piperidine rings is 1. The number of hydrogen-bond acceptors (Lipinski definition) is 8. The Labute approximate surface area is 193 Å². The number of fused-ring (bicyclic) bond motifs is 3. The number of nitrogens with zero attached hydrogens (tertiary/aromatic N) is 5. The lowest BCUT2D eigenvalue weighted by molar-refractivity contribution is -0.150. The fourth-order valence-corrected chi connectivity index (χ4v) is 4.52. The molecule has 2 aromatic heterocycles. The number of halogens is 4. The Morgan fingerprint density at radius 3 is 2.78 bits per heavy atom. The van der Waals surface area contributed by atoms with Crippen LogP contribution in [0.3, 0.4) is 0 Å². The van der Waals surface area contributed by atoms with E-state index in [2.05, 4.69) is 25.7 Å². The van der Waals surface area contributed by atoms with Gasteiger partial charge in [-0.3, -0.25) is 4.90 Å². The molecule has 2 bridgehead atoms. The lowest BCUT2D eigenvalue weighted by atomic mass is 9.99. The lowest BCUT2D eigenvalue weighted by Gasteiger charge is -2.44. The van der Waals surface area contributed by atoms with Crippen LogP contribution in [0.2, 0.25) is 10.2 Å². The van der Waals surface area contributed by atoms with Crippen molar-refractivity contribution < 1.29 is 18.3 Å². The minimum Gasteiger partial charge on any atom is -0.475 e. The number of nitrogens with one attached hydrogen (secondary N) is 2. The monoisotopic (exact) mass is 489 g/mol. The van der Waals surface area contributed by atoms with Gasteiger partial charge in [0.1, 0.15) is 16.8 Å². The summed E-state index contributed by atoms with van der Waals surface area (Å²) in [5, 5.41) is 10.9. The zero-order chi connectivity index (χ0) is 22.5. The Morgan fingerprint density at radius 1 is 1.25 bits per heavy atom. The Morgan fingerprint density at radius 2 is 2.06 bits per heavy atom. The highest BCUT2D eigenvalue weighted by Gasteiger charge is 2.49. The van der Waals surface area contributed by atoms with Crippen molar-refractivity contribution in [2.75, 3.05) is 43.5 Å². The summed E-state index contributed by atoms with van der Waals surface area (Å²) in [5.74, 6) is -2.23. The van der Waals surface area contributed by atoms with Crippen LogP contribution in [0.1, 0.15) is 25.8 Å². The van der Waals surface area contributed by atoms with E-state index in [1.807, 2.05) is 6.92 Å². The molecule has 0 spiro atoms. The highest BCUT2D eigenvalue weighted by Crippen LogP contribution is 2.43. The second kappa shape index (κ2) is 8.44. The molecule has 2 aromatic rings. The SMILES string of the molecule is C[C@@H]1CCOc2nn([C@@H]3CCN(C4COC4)CC3(F)F)c(Cl)c2Nc2ncc(Cl)c(n2)N1. The van der Waals surface area contributed by atoms with E-state index in [1.165, 1.54) is 6.20 Å². The van der Waals surface area contributed by atoms with Gasteiger partial charge in [-0.2, -0.15) is 4.98 Å². The molecule has 32 heavy (non-hydrogen) atoms. The number of hydrogen-bond donors (Lipinski definition) is 2. The molecule has 0 unspecified atom stereocenters. The molecule has 2 saturated heterocycles. The summed E-state index contributed by atoms with van der Waals surface area (Å²) in [6, 6.07) is -1.15. The number of anilines is 3. The first kappa shape index (κ1) is 21.9. The lowest BCUT2D eigenvalue weighted by Crippen LogP contribution is -2.58. The van der Waals surface area contributed by atoms with E-state index in [0.29, 0.717) is 43.6 Å². The van der Waals surface area contributed by atoms with Gasteiger partial charge in [0.05, 0.1) is 38.6 Å². The fraction of sp³-hybridized carbons (Fsp3) is 0.632. The van der Waals surface area contributed by atoms with Gasteiger partial charge < -0.3 is 20.1 Å². The Bertz CT molecular complexity index is 1000. The Balaban J connectivity index is 1.46. The molecule has 2 N–H and O–H groups in total. The van der Waals surface area contributed by atoms with Gasteiger partial charge in [0.2, 0.25) is 5.95 Å². The molecular weight excluding hydrogens is 467 g/mol. The Hall–Kier alpha value is -1.95. The van der Waals surface area contributed by atoms with E-state index < -0.39 is 12.0 Å². The van der Waals surface area contributed by atoms with Crippen LogP contribution in [0.5, 0.6) is 5.88 Å². The van der Waals surface area contributed by atoms with Crippen LogP contribution in [0, 0.1) is 0 Å². The molecule has 3 aliphatic heterocycles. The molecule has 0 aromatic carbocycles. The summed E-state index contributed by atoms with van der Waals surface area (Å²) in [4.78, 5) is 10.3. The highest BCUT2D eigenvalue weighted by molar-refractivity contribution is 6.33. The van der Waals surface area contributed by atoms with E-state index in [0.717, 1.165) is 4.68 Å². The van der Waals surface area contributed by atoms with Crippen molar-refractivity contribution in [3.63, 3.8) is 0 Å². The molecule has 174 valence electrons. The molecule has 5 rings (SSSR count). The number of likely N-dealkylation sites (tertiary alicyclic amines) is 1. The maximum absolute atomic E-state index is 15.2. The first-order chi connectivity index (χ1) is 15.3. The topological polar surface area (TPSA) is 89.4 Å². The van der Waals surface area contributed by atoms with Crippen LogP contribution in [-0.4, -0.2) is 75.6 Å². The third-order valence-corrected chi connectivity index (χ3v) is 6.64. The second-order valence-electron chi connectivity index (χ2n) is 8.34. The van der Waals surface area contributed by atoms with E-state index in [9.17, 15) is 0 Å². The van der Waals surface area contributed by atoms with Crippen molar-refractivity contribution in [1.82, 2.24) is 24.6 Å². The fourth-order valence-electron chi connectivity index (χ4n) is 4.09. The number of alkyl halides is 2. The van der Waals surface area contributed by atoms with Gasteiger partial charge in [-0.1, -0.05) is 23.2 Å². The van der Waals surface area contributed by atoms with Crippen molar-refractivity contribution in [3.05, 3.63) is 16.4 Å². The van der Waals surface area contributed by atoms with Gasteiger partial charge >= 0.3 is 0 Å². The first-order valence-electron chi connectivity index (χ1n) is 10.5. The van der Waals surface area contributed by atoms with Crippen LogP contribution in [0.25, 0.3) is 0 Å². The number of aromatic nitrogens is 4. The third-order valence-electron chi connectivity index (χ3n) is 6.00. The average Bonchev–Trinajstić information content (AvgIpc) is 2.96. The van der Waals surface area contributed by atoms with E-state index in [-0.39, 0.29) is 47.7 Å². The standard InChI is InChI=1S/C19H23Cl2F2N7O2/c1-10-3-5-32-17-14(26-18-24-6-12(20)16(25-10)27-18)15(21)30(28-17)13-2-4-29(9-19(13,22)23)11-7-31-8-11/h6,10-11,13H,2-5,7-9H2,1H3,(H2,24,25,26,27)/t10-,13-/m1/s1. The van der Waals surface area contributed by atoms with Crippen LogP contribution in [0.4, 0.5) is 26.2 Å². The van der Waals surface area contributed by atoms with Crippen LogP contribution in [0.15, 0.2) is 6.20 Å². The summed E-state index contributed by atoms with van der Waals surface area (Å²) in [5.41, 5.74) is 0.250. The molecule has 3 aliphatic rings. The van der Waals surface area contributed by atoms with Crippen molar-refractivity contribution in [3.8, 4) is 5.88 Å². The maximum atomic E-state index is 15.2. The molecule has 0 amide bonds. The van der Waals surface area contributed by atoms with Gasteiger partial charge in [0.15, 0.2) is 11.0 Å². The summed E-state index contributed by atoms with van der Waals surface area (Å²) >= 11 is 12.8. The maximum Gasteiger partial charge on any atom is 0.282 e. The molecule has 2 atom stereocenters. The third kappa shape index (κ3) is 4.07. The van der Waals surface area contributed by atoms with Crippen LogP contribution < -0.4 is 15.4 Å².